The van der Waals surface area contributed by atoms with Gasteiger partial charge in [0.1, 0.15) is 11.6 Å². The molecule has 0 fully saturated rings. The third-order valence-corrected chi connectivity index (χ3v) is 7.20. The lowest BCUT2D eigenvalue weighted by molar-refractivity contribution is 0.00694. The second kappa shape index (κ2) is 12.4. The first-order chi connectivity index (χ1) is 16.9. The van der Waals surface area contributed by atoms with Crippen molar-refractivity contribution in [2.24, 2.45) is 0 Å². The van der Waals surface area contributed by atoms with Crippen LogP contribution in [0.4, 0.5) is 5.69 Å². The van der Waals surface area contributed by atoms with E-state index < -0.39 is 5.50 Å². The first kappa shape index (κ1) is 26.3. The number of anilines is 1. The number of nitrogens with zero attached hydrogens (tertiary/aromatic N) is 2. The lowest BCUT2D eigenvalue weighted by atomic mass is 10.1. The molecule has 1 heterocycles. The van der Waals surface area contributed by atoms with E-state index in [0.717, 1.165) is 23.4 Å². The number of ether oxygens (including phenoxy) is 1. The van der Waals surface area contributed by atoms with Crippen LogP contribution in [0.3, 0.4) is 0 Å². The van der Waals surface area contributed by atoms with Gasteiger partial charge in [-0.1, -0.05) is 88.3 Å². The van der Waals surface area contributed by atoms with E-state index in [9.17, 15) is 0 Å². The summed E-state index contributed by atoms with van der Waals surface area (Å²) in [7, 11) is 0. The van der Waals surface area contributed by atoms with Crippen molar-refractivity contribution in [1.82, 2.24) is 9.80 Å². The van der Waals surface area contributed by atoms with Crippen molar-refractivity contribution in [3.63, 3.8) is 0 Å². The molecule has 0 saturated carbocycles. The molecule has 1 aliphatic heterocycles. The predicted molar refractivity (Wildman–Crippen MR) is 148 cm³/mol. The van der Waals surface area contributed by atoms with Crippen molar-refractivity contribution >= 4 is 63.7 Å². The van der Waals surface area contributed by atoms with Gasteiger partial charge in [0.25, 0.3) is 0 Å². The zero-order chi connectivity index (χ0) is 24.8. The molecule has 1 aliphatic rings. The summed E-state index contributed by atoms with van der Waals surface area (Å²) in [4.78, 5) is 4.20. The Hall–Kier alpha value is -1.79. The summed E-state index contributed by atoms with van der Waals surface area (Å²) in [6.07, 6.45) is 3.62. The Kier molecular flexibility index (Phi) is 9.34. The van der Waals surface area contributed by atoms with E-state index in [-0.39, 0.29) is 6.10 Å². The molecule has 9 heteroatoms. The van der Waals surface area contributed by atoms with Crippen LogP contribution in [0.2, 0.25) is 20.1 Å². The highest BCUT2D eigenvalue weighted by Gasteiger charge is 2.29. The Morgan fingerprint density at radius 2 is 1.46 bits per heavy atom. The molecule has 0 radical (unpaired) electrons. The summed E-state index contributed by atoms with van der Waals surface area (Å²) in [6, 6.07) is 20.6. The van der Waals surface area contributed by atoms with Crippen LogP contribution in [0.1, 0.15) is 17.2 Å². The van der Waals surface area contributed by atoms with Gasteiger partial charge in [-0.25, -0.2) is 0 Å². The van der Waals surface area contributed by atoms with E-state index >= 15 is 0 Å². The maximum absolute atomic E-state index is 6.97. The van der Waals surface area contributed by atoms with Gasteiger partial charge in [-0.3, -0.25) is 0 Å². The molecule has 2 unspecified atom stereocenters. The minimum atomic E-state index is -0.435. The van der Waals surface area contributed by atoms with Crippen LogP contribution in [-0.2, 0) is 11.3 Å². The van der Waals surface area contributed by atoms with Crippen molar-refractivity contribution in [3.05, 3.63) is 110 Å². The number of halogens is 5. The van der Waals surface area contributed by atoms with E-state index in [1.165, 1.54) is 0 Å². The van der Waals surface area contributed by atoms with Gasteiger partial charge in [-0.2, -0.15) is 0 Å². The number of benzene rings is 3. The first-order valence-electron chi connectivity index (χ1n) is 11.0. The van der Waals surface area contributed by atoms with Gasteiger partial charge in [-0.05, 0) is 47.5 Å². The Morgan fingerprint density at radius 1 is 0.829 bits per heavy atom. The van der Waals surface area contributed by atoms with E-state index in [2.05, 4.69) is 10.2 Å². The smallest absolute Gasteiger partial charge is 0.135 e. The van der Waals surface area contributed by atoms with Gasteiger partial charge < -0.3 is 19.9 Å². The van der Waals surface area contributed by atoms with Crippen LogP contribution in [-0.4, -0.2) is 35.1 Å². The summed E-state index contributed by atoms with van der Waals surface area (Å²) in [5, 5.41) is 5.86. The van der Waals surface area contributed by atoms with E-state index in [1.54, 1.807) is 0 Å². The quantitative estimate of drug-likeness (QED) is 0.196. The van der Waals surface area contributed by atoms with Crippen LogP contribution in [0.25, 0.3) is 0 Å². The van der Waals surface area contributed by atoms with Gasteiger partial charge in [-0.15, -0.1) is 0 Å². The van der Waals surface area contributed by atoms with E-state index in [0.29, 0.717) is 39.9 Å². The molecule has 0 bridgehead atoms. The average molecular weight is 572 g/mol. The van der Waals surface area contributed by atoms with Crippen molar-refractivity contribution in [1.29, 1.82) is 0 Å². The highest BCUT2D eigenvalue weighted by atomic mass is 35.5. The first-order valence-corrected chi connectivity index (χ1v) is 13.0. The summed E-state index contributed by atoms with van der Waals surface area (Å²) in [5.41, 5.74) is 2.27. The predicted octanol–water partition coefficient (Wildman–Crippen LogP) is 8.28. The molecule has 0 spiro atoms. The van der Waals surface area contributed by atoms with Crippen LogP contribution in [0.5, 0.6) is 0 Å². The number of hydrogen-bond acceptors (Lipinski definition) is 4. The molecule has 3 aromatic rings. The molecule has 184 valence electrons. The molecule has 0 aliphatic carbocycles. The fourth-order valence-electron chi connectivity index (χ4n) is 3.71. The normalized spacial score (nSPS) is 14.9. The maximum Gasteiger partial charge on any atom is 0.135 e. The summed E-state index contributed by atoms with van der Waals surface area (Å²) >= 11 is 31.6. The second-order valence-electron chi connectivity index (χ2n) is 8.07. The SMILES string of the molecule is Clc1ccc(COC(c2ccc(Cl)cc2)C(Cl)N2C=CN(CCNc3c(Cl)cccc3Cl)C2)cc1. The standard InChI is InChI=1S/C26H24Cl5N3O/c27-20-8-4-18(5-9-20)16-35-25(19-6-10-21(28)11-7-19)26(31)34-15-14-33(17-34)13-12-32-24-22(29)2-1-3-23(24)30/h1-11,14-15,25-26,32H,12-13,16-17H2. The number of nitrogens with one attached hydrogen (secondary N) is 1. The lowest BCUT2D eigenvalue weighted by Gasteiger charge is -2.31. The Morgan fingerprint density at radius 3 is 2.11 bits per heavy atom. The van der Waals surface area contributed by atoms with Gasteiger partial charge in [0.2, 0.25) is 0 Å². The molecule has 0 amide bonds. The average Bonchev–Trinajstić information content (AvgIpc) is 3.32. The lowest BCUT2D eigenvalue weighted by Crippen LogP contribution is -2.36. The molecule has 0 saturated heterocycles. The minimum Gasteiger partial charge on any atom is -0.381 e. The fraction of sp³-hybridized carbons (Fsp3) is 0.231. The molecule has 0 aromatic heterocycles. The van der Waals surface area contributed by atoms with Crippen LogP contribution < -0.4 is 5.32 Å². The number of alkyl halides is 1. The van der Waals surface area contributed by atoms with Gasteiger partial charge >= 0.3 is 0 Å². The van der Waals surface area contributed by atoms with Crippen LogP contribution in [0.15, 0.2) is 79.1 Å². The summed E-state index contributed by atoms with van der Waals surface area (Å²) in [6.45, 7) is 2.44. The minimum absolute atomic E-state index is 0.380. The van der Waals surface area contributed by atoms with Crippen LogP contribution >= 0.6 is 58.0 Å². The number of para-hydroxylation sites is 1. The summed E-state index contributed by atoms with van der Waals surface area (Å²) in [5.74, 6) is 0. The molecule has 4 nitrogen and oxygen atoms in total. The Balaban J connectivity index is 1.37. The highest BCUT2D eigenvalue weighted by molar-refractivity contribution is 6.39. The molecular formula is C26H24Cl5N3O. The van der Waals surface area contributed by atoms with Crippen molar-refractivity contribution in [2.75, 3.05) is 25.1 Å². The highest BCUT2D eigenvalue weighted by Crippen LogP contribution is 2.32. The van der Waals surface area contributed by atoms with Crippen LogP contribution in [0, 0.1) is 0 Å². The van der Waals surface area contributed by atoms with Gasteiger partial charge in [0.05, 0.1) is 29.0 Å². The molecular weight excluding hydrogens is 548 g/mol. The topological polar surface area (TPSA) is 27.7 Å². The Bertz CT molecular complexity index is 1120. The molecule has 3 aromatic carbocycles. The second-order valence-corrected chi connectivity index (χ2v) is 10.2. The molecule has 2 atom stereocenters. The van der Waals surface area contributed by atoms with Gasteiger partial charge in [0, 0.05) is 35.5 Å². The number of hydrogen-bond donors (Lipinski definition) is 1. The zero-order valence-electron chi connectivity index (χ0n) is 18.7. The summed E-state index contributed by atoms with van der Waals surface area (Å²) < 4.78 is 6.31. The van der Waals surface area contributed by atoms with Crippen molar-refractivity contribution in [2.45, 2.75) is 18.2 Å². The zero-order valence-corrected chi connectivity index (χ0v) is 22.5. The van der Waals surface area contributed by atoms with E-state index in [1.807, 2.05) is 84.0 Å². The van der Waals surface area contributed by atoms with E-state index in [4.69, 9.17) is 62.7 Å². The molecule has 35 heavy (non-hydrogen) atoms. The van der Waals surface area contributed by atoms with Crippen molar-refractivity contribution in [3.8, 4) is 0 Å². The number of rotatable bonds is 10. The molecule has 1 N–H and O–H groups in total. The fourth-order valence-corrected chi connectivity index (χ4v) is 4.84. The third kappa shape index (κ3) is 7.13. The van der Waals surface area contributed by atoms with Gasteiger partial charge in [0.15, 0.2) is 0 Å². The third-order valence-electron chi connectivity index (χ3n) is 5.59. The monoisotopic (exact) mass is 569 g/mol. The molecule has 4 rings (SSSR count). The maximum atomic E-state index is 6.97. The Labute approximate surface area is 230 Å². The van der Waals surface area contributed by atoms with Crippen molar-refractivity contribution < 1.29 is 4.74 Å². The largest absolute Gasteiger partial charge is 0.381 e.